The summed E-state index contributed by atoms with van der Waals surface area (Å²) in [5.41, 5.74) is -0.417. The Labute approximate surface area is 110 Å². The maximum atomic E-state index is 10.9. The van der Waals surface area contributed by atoms with Crippen LogP contribution in [0.5, 0.6) is 11.5 Å². The molecule has 1 aromatic carbocycles. The van der Waals surface area contributed by atoms with Gasteiger partial charge >= 0.3 is 0 Å². The van der Waals surface area contributed by atoms with Crippen LogP contribution >= 0.6 is 23.2 Å². The average molecular weight is 275 g/mol. The molecule has 0 saturated heterocycles. The van der Waals surface area contributed by atoms with Gasteiger partial charge in [-0.3, -0.25) is 4.79 Å². The van der Waals surface area contributed by atoms with Crippen molar-refractivity contribution < 1.29 is 14.3 Å². The van der Waals surface area contributed by atoms with E-state index in [9.17, 15) is 4.79 Å². The van der Waals surface area contributed by atoms with Gasteiger partial charge in [0.15, 0.2) is 11.5 Å². The van der Waals surface area contributed by atoms with Crippen molar-refractivity contribution in [2.45, 2.75) is 12.0 Å². The lowest BCUT2D eigenvalue weighted by Crippen LogP contribution is -2.17. The van der Waals surface area contributed by atoms with Crippen LogP contribution in [0.4, 0.5) is 0 Å². The summed E-state index contributed by atoms with van der Waals surface area (Å²) < 4.78 is 10.4. The molecule has 1 unspecified atom stereocenters. The fourth-order valence-electron chi connectivity index (χ4n) is 1.32. The van der Waals surface area contributed by atoms with E-state index in [1.54, 1.807) is 12.1 Å². The van der Waals surface area contributed by atoms with Crippen molar-refractivity contribution in [3.05, 3.63) is 36.4 Å². The largest absolute Gasteiger partial charge is 0.493 e. The number of alkyl halides is 1. The van der Waals surface area contributed by atoms with Crippen LogP contribution in [0.3, 0.4) is 0 Å². The Morgan fingerprint density at radius 1 is 1.59 bits per heavy atom. The van der Waals surface area contributed by atoms with Gasteiger partial charge in [-0.25, -0.2) is 0 Å². The molecule has 0 aromatic heterocycles. The summed E-state index contributed by atoms with van der Waals surface area (Å²) in [6.07, 6.45) is 2.29. The van der Waals surface area contributed by atoms with E-state index >= 15 is 0 Å². The zero-order chi connectivity index (χ0) is 12.8. The first-order chi connectivity index (χ1) is 8.10. The van der Waals surface area contributed by atoms with Gasteiger partial charge in [-0.1, -0.05) is 29.8 Å². The van der Waals surface area contributed by atoms with Crippen molar-refractivity contribution in [1.82, 2.24) is 0 Å². The van der Waals surface area contributed by atoms with Gasteiger partial charge in [0, 0.05) is 5.56 Å². The van der Waals surface area contributed by atoms with Gasteiger partial charge in [-0.2, -0.15) is 0 Å². The smallest absolute Gasteiger partial charge is 0.278 e. The number of benzene rings is 1. The second kappa shape index (κ2) is 6.52. The number of rotatable bonds is 6. The summed E-state index contributed by atoms with van der Waals surface area (Å²) in [6.45, 7) is 3.64. The quantitative estimate of drug-likeness (QED) is 0.454. The van der Waals surface area contributed by atoms with Gasteiger partial charge in [0.25, 0.3) is 5.24 Å². The van der Waals surface area contributed by atoms with Crippen LogP contribution in [0.1, 0.15) is 5.56 Å². The molecule has 92 valence electrons. The summed E-state index contributed by atoms with van der Waals surface area (Å²) in [5.74, 6) is 0.900. The Morgan fingerprint density at radius 2 is 2.29 bits per heavy atom. The van der Waals surface area contributed by atoms with E-state index < -0.39 is 10.8 Å². The third-order valence-electron chi connectivity index (χ3n) is 2.04. The van der Waals surface area contributed by atoms with Gasteiger partial charge in [0.2, 0.25) is 5.56 Å². The van der Waals surface area contributed by atoms with Crippen LogP contribution in [0, 0.1) is 0 Å². The predicted molar refractivity (Wildman–Crippen MR) is 68.0 cm³/mol. The molecule has 5 heteroatoms. The normalized spacial score (nSPS) is 11.7. The zero-order valence-corrected chi connectivity index (χ0v) is 10.8. The van der Waals surface area contributed by atoms with E-state index in [-0.39, 0.29) is 0 Å². The molecule has 3 nitrogen and oxygen atoms in total. The summed E-state index contributed by atoms with van der Waals surface area (Å²) >= 11 is 10.9. The molecule has 0 fully saturated rings. The number of carbonyl (C=O) groups is 1. The standard InChI is InChI=1S/C12H12Cl2O3/c1-3-5-8-6-4-7-9(16-2)10(8)17-12(14)11(13)15/h3-4,6-7,12H,1,5H2,2H3. The maximum Gasteiger partial charge on any atom is 0.278 e. The van der Waals surface area contributed by atoms with Crippen LogP contribution < -0.4 is 9.47 Å². The highest BCUT2D eigenvalue weighted by Crippen LogP contribution is 2.33. The number of halogens is 2. The number of methoxy groups -OCH3 is 1. The third kappa shape index (κ3) is 3.65. The van der Waals surface area contributed by atoms with Crippen LogP contribution in [0.15, 0.2) is 30.9 Å². The first-order valence-corrected chi connectivity index (χ1v) is 5.68. The lowest BCUT2D eigenvalue weighted by molar-refractivity contribution is -0.115. The van der Waals surface area contributed by atoms with Gasteiger partial charge in [0.05, 0.1) is 7.11 Å². The van der Waals surface area contributed by atoms with E-state index in [4.69, 9.17) is 32.7 Å². The molecule has 0 spiro atoms. The number of hydrogen-bond donors (Lipinski definition) is 0. The van der Waals surface area contributed by atoms with Crippen molar-refractivity contribution in [2.24, 2.45) is 0 Å². The molecule has 0 aliphatic heterocycles. The molecular formula is C12H12Cl2O3. The monoisotopic (exact) mass is 274 g/mol. The Hall–Kier alpha value is -1.19. The van der Waals surface area contributed by atoms with Crippen LogP contribution in [-0.4, -0.2) is 17.9 Å². The van der Waals surface area contributed by atoms with E-state index in [1.807, 2.05) is 12.1 Å². The third-order valence-corrected chi connectivity index (χ3v) is 2.64. The van der Waals surface area contributed by atoms with Crippen LogP contribution in [0.2, 0.25) is 0 Å². The van der Waals surface area contributed by atoms with Gasteiger partial charge in [-0.05, 0) is 24.1 Å². The van der Waals surface area contributed by atoms with Gasteiger partial charge in [-0.15, -0.1) is 6.58 Å². The summed E-state index contributed by atoms with van der Waals surface area (Å²) in [5, 5.41) is -0.776. The molecule has 0 aliphatic carbocycles. The fourth-order valence-corrected chi connectivity index (χ4v) is 1.46. The van der Waals surface area contributed by atoms with Crippen molar-refractivity contribution in [3.8, 4) is 11.5 Å². The lowest BCUT2D eigenvalue weighted by atomic mass is 10.1. The van der Waals surface area contributed by atoms with Gasteiger partial charge < -0.3 is 9.47 Å². The number of para-hydroxylation sites is 1. The topological polar surface area (TPSA) is 35.5 Å². The fraction of sp³-hybridized carbons (Fsp3) is 0.250. The second-order valence-corrected chi connectivity index (χ2v) is 3.95. The molecule has 0 saturated carbocycles. The van der Waals surface area contributed by atoms with Crippen molar-refractivity contribution >= 4 is 28.4 Å². The molecule has 1 rings (SSSR count). The highest BCUT2D eigenvalue weighted by atomic mass is 35.5. The molecule has 0 aliphatic rings. The minimum absolute atomic E-state index is 0.406. The first kappa shape index (κ1) is 13.9. The maximum absolute atomic E-state index is 10.9. The van der Waals surface area contributed by atoms with Crippen molar-refractivity contribution in [2.75, 3.05) is 7.11 Å². The minimum atomic E-state index is -1.24. The molecule has 1 aromatic rings. The Morgan fingerprint density at radius 3 is 2.82 bits per heavy atom. The molecule has 0 N–H and O–H groups in total. The number of ether oxygens (including phenoxy) is 2. The van der Waals surface area contributed by atoms with Crippen molar-refractivity contribution in [3.63, 3.8) is 0 Å². The zero-order valence-electron chi connectivity index (χ0n) is 9.28. The molecule has 0 radical (unpaired) electrons. The summed E-state index contributed by atoms with van der Waals surface area (Å²) in [7, 11) is 1.51. The molecule has 0 amide bonds. The first-order valence-electron chi connectivity index (χ1n) is 4.87. The predicted octanol–water partition coefficient (Wildman–Crippen LogP) is 3.13. The Bertz CT molecular complexity index is 418. The average Bonchev–Trinajstić information content (AvgIpc) is 2.31. The number of allylic oxidation sites excluding steroid dienone is 1. The molecule has 0 bridgehead atoms. The molecule has 17 heavy (non-hydrogen) atoms. The van der Waals surface area contributed by atoms with E-state index in [0.29, 0.717) is 17.9 Å². The van der Waals surface area contributed by atoms with Crippen LogP contribution in [-0.2, 0) is 11.2 Å². The Kier molecular flexibility index (Phi) is 5.32. The Balaban J connectivity index is 3.07. The highest BCUT2D eigenvalue weighted by Gasteiger charge is 2.18. The minimum Gasteiger partial charge on any atom is -0.493 e. The number of carbonyl (C=O) groups excluding carboxylic acids is 1. The second-order valence-electron chi connectivity index (χ2n) is 3.18. The molecule has 1 atom stereocenters. The van der Waals surface area contributed by atoms with Crippen molar-refractivity contribution in [1.29, 1.82) is 0 Å². The van der Waals surface area contributed by atoms with E-state index in [0.717, 1.165) is 5.56 Å². The van der Waals surface area contributed by atoms with Crippen LogP contribution in [0.25, 0.3) is 0 Å². The summed E-state index contributed by atoms with van der Waals surface area (Å²) in [6, 6.07) is 5.36. The van der Waals surface area contributed by atoms with E-state index in [1.165, 1.54) is 7.11 Å². The SMILES string of the molecule is C=CCc1cccc(OC)c1OC(Cl)C(=O)Cl. The lowest BCUT2D eigenvalue weighted by Gasteiger charge is -2.15. The number of hydrogen-bond acceptors (Lipinski definition) is 3. The summed E-state index contributed by atoms with van der Waals surface area (Å²) in [4.78, 5) is 10.9. The molecular weight excluding hydrogens is 263 g/mol. The molecule has 0 heterocycles. The van der Waals surface area contributed by atoms with E-state index in [2.05, 4.69) is 6.58 Å². The van der Waals surface area contributed by atoms with Gasteiger partial charge in [0.1, 0.15) is 0 Å². The highest BCUT2D eigenvalue weighted by molar-refractivity contribution is 6.68.